The van der Waals surface area contributed by atoms with Crippen LogP contribution in [-0.4, -0.2) is 10.8 Å². The number of benzene rings is 2. The molecular formula is C17H13NO2. The van der Waals surface area contributed by atoms with Gasteiger partial charge in [0.2, 0.25) is 0 Å². The second-order valence-electron chi connectivity index (χ2n) is 4.74. The molecule has 3 aromatic rings. The van der Waals surface area contributed by atoms with E-state index in [2.05, 4.69) is 4.98 Å². The van der Waals surface area contributed by atoms with E-state index in [-0.39, 0.29) is 16.9 Å². The molecule has 98 valence electrons. The van der Waals surface area contributed by atoms with Gasteiger partial charge < -0.3 is 4.98 Å². The van der Waals surface area contributed by atoms with Crippen molar-refractivity contribution >= 4 is 16.7 Å². The first-order valence-electron chi connectivity index (χ1n) is 6.39. The number of aromatic nitrogens is 1. The van der Waals surface area contributed by atoms with Crippen LogP contribution in [0.1, 0.15) is 21.5 Å². The van der Waals surface area contributed by atoms with E-state index in [1.807, 2.05) is 43.3 Å². The maximum absolute atomic E-state index is 12.5. The van der Waals surface area contributed by atoms with Crippen LogP contribution in [0.15, 0.2) is 59.4 Å². The summed E-state index contributed by atoms with van der Waals surface area (Å²) in [5, 5.41) is 0.851. The monoisotopic (exact) mass is 263 g/mol. The highest BCUT2D eigenvalue weighted by atomic mass is 16.1. The van der Waals surface area contributed by atoms with Gasteiger partial charge in [0.05, 0.1) is 5.56 Å². The first-order chi connectivity index (χ1) is 9.66. The lowest BCUT2D eigenvalue weighted by molar-refractivity contribution is 0.103. The minimum atomic E-state index is -0.350. The molecule has 1 N–H and O–H groups in total. The van der Waals surface area contributed by atoms with Crippen LogP contribution in [0.4, 0.5) is 0 Å². The molecule has 3 rings (SSSR count). The van der Waals surface area contributed by atoms with Gasteiger partial charge in [0.25, 0.3) is 5.56 Å². The second-order valence-corrected chi connectivity index (χ2v) is 4.74. The number of rotatable bonds is 2. The van der Waals surface area contributed by atoms with Gasteiger partial charge in [-0.1, -0.05) is 42.5 Å². The fraction of sp³-hybridized carbons (Fsp3) is 0.0588. The molecule has 3 heteroatoms. The highest BCUT2D eigenvalue weighted by Gasteiger charge is 2.15. The van der Waals surface area contributed by atoms with E-state index < -0.39 is 0 Å². The molecule has 0 spiro atoms. The van der Waals surface area contributed by atoms with Gasteiger partial charge in [-0.15, -0.1) is 0 Å². The van der Waals surface area contributed by atoms with Crippen molar-refractivity contribution < 1.29 is 4.79 Å². The van der Waals surface area contributed by atoms with Gasteiger partial charge in [-0.25, -0.2) is 0 Å². The van der Waals surface area contributed by atoms with Gasteiger partial charge in [0, 0.05) is 11.1 Å². The molecule has 0 atom stereocenters. The third kappa shape index (κ3) is 2.03. The van der Waals surface area contributed by atoms with E-state index in [0.717, 1.165) is 16.5 Å². The molecular weight excluding hydrogens is 250 g/mol. The number of hydrogen-bond acceptors (Lipinski definition) is 2. The Morgan fingerprint density at radius 2 is 1.65 bits per heavy atom. The number of aryl methyl sites for hydroxylation is 1. The fourth-order valence-electron chi connectivity index (χ4n) is 2.29. The molecule has 3 nitrogen and oxygen atoms in total. The Labute approximate surface area is 115 Å². The summed E-state index contributed by atoms with van der Waals surface area (Å²) >= 11 is 0. The molecule has 0 amide bonds. The Morgan fingerprint density at radius 1 is 0.950 bits per heavy atom. The van der Waals surface area contributed by atoms with Crippen molar-refractivity contribution in [3.8, 4) is 0 Å². The predicted molar refractivity (Wildman–Crippen MR) is 79.2 cm³/mol. The normalized spacial score (nSPS) is 10.7. The number of carbonyl (C=O) groups excluding carboxylic acids is 1. The van der Waals surface area contributed by atoms with Crippen LogP contribution >= 0.6 is 0 Å². The van der Waals surface area contributed by atoms with Crippen LogP contribution in [-0.2, 0) is 0 Å². The average molecular weight is 263 g/mol. The van der Waals surface area contributed by atoms with Gasteiger partial charge in [-0.2, -0.15) is 0 Å². The molecule has 0 radical (unpaired) electrons. The number of H-pyrrole nitrogens is 1. The predicted octanol–water partition coefficient (Wildman–Crippen LogP) is 3.07. The van der Waals surface area contributed by atoms with E-state index in [4.69, 9.17) is 0 Å². The van der Waals surface area contributed by atoms with Gasteiger partial charge in [-0.3, -0.25) is 9.59 Å². The number of hydrogen-bond donors (Lipinski definition) is 1. The number of para-hydroxylation sites is 1. The lowest BCUT2D eigenvalue weighted by atomic mass is 9.99. The molecule has 20 heavy (non-hydrogen) atoms. The third-order valence-corrected chi connectivity index (χ3v) is 3.39. The molecule has 0 saturated heterocycles. The van der Waals surface area contributed by atoms with Crippen LogP contribution in [0, 0.1) is 6.92 Å². The summed E-state index contributed by atoms with van der Waals surface area (Å²) in [6, 6.07) is 16.4. The molecule has 2 aromatic carbocycles. The quantitative estimate of drug-likeness (QED) is 0.722. The summed E-state index contributed by atoms with van der Waals surface area (Å²) < 4.78 is 0. The Kier molecular flexibility index (Phi) is 2.95. The van der Waals surface area contributed by atoms with Crippen LogP contribution < -0.4 is 5.56 Å². The molecule has 0 aliphatic rings. The lowest BCUT2D eigenvalue weighted by Gasteiger charge is -2.05. The molecule has 0 saturated carbocycles. The minimum absolute atomic E-state index is 0.179. The highest BCUT2D eigenvalue weighted by molar-refractivity contribution is 6.10. The average Bonchev–Trinajstić information content (AvgIpc) is 2.46. The Morgan fingerprint density at radius 3 is 2.45 bits per heavy atom. The second kappa shape index (κ2) is 4.78. The van der Waals surface area contributed by atoms with E-state index in [1.54, 1.807) is 18.2 Å². The molecule has 1 aromatic heterocycles. The highest BCUT2D eigenvalue weighted by Crippen LogP contribution is 2.15. The first-order valence-corrected chi connectivity index (χ1v) is 6.39. The van der Waals surface area contributed by atoms with Gasteiger partial charge in [-0.05, 0) is 30.0 Å². The summed E-state index contributed by atoms with van der Waals surface area (Å²) in [5.74, 6) is -0.241. The topological polar surface area (TPSA) is 49.9 Å². The number of carbonyl (C=O) groups is 1. The molecule has 1 heterocycles. The number of nitrogens with one attached hydrogen (secondary N) is 1. The summed E-state index contributed by atoms with van der Waals surface area (Å²) in [6.45, 7) is 1.86. The Hall–Kier alpha value is -2.68. The Bertz CT molecular complexity index is 862. The van der Waals surface area contributed by atoms with Crippen molar-refractivity contribution in [2.75, 3.05) is 0 Å². The van der Waals surface area contributed by atoms with E-state index in [1.165, 1.54) is 0 Å². The first kappa shape index (κ1) is 12.4. The van der Waals surface area contributed by atoms with Crippen LogP contribution in [0.25, 0.3) is 10.9 Å². The minimum Gasteiger partial charge on any atom is -0.321 e. The van der Waals surface area contributed by atoms with Crippen molar-refractivity contribution in [2.24, 2.45) is 0 Å². The van der Waals surface area contributed by atoms with E-state index in [9.17, 15) is 9.59 Å². The third-order valence-electron chi connectivity index (χ3n) is 3.39. The largest absolute Gasteiger partial charge is 0.321 e. The summed E-state index contributed by atoms with van der Waals surface area (Å²) in [7, 11) is 0. The van der Waals surface area contributed by atoms with Gasteiger partial charge in [0.15, 0.2) is 5.78 Å². The molecule has 0 aliphatic carbocycles. The number of pyridine rings is 1. The standard InChI is InChI=1S/C17H13NO2/c1-11-6-2-4-8-13(11)16(19)14-10-12-7-3-5-9-15(12)18-17(14)20/h2-10H,1H3,(H,18,20). The van der Waals surface area contributed by atoms with Crippen molar-refractivity contribution in [2.45, 2.75) is 6.92 Å². The van der Waals surface area contributed by atoms with E-state index >= 15 is 0 Å². The number of fused-ring (bicyclic) bond motifs is 1. The van der Waals surface area contributed by atoms with Crippen LogP contribution in [0.3, 0.4) is 0 Å². The van der Waals surface area contributed by atoms with Crippen molar-refractivity contribution in [1.82, 2.24) is 4.98 Å². The number of aromatic amines is 1. The summed E-state index contributed by atoms with van der Waals surface area (Å²) in [6.07, 6.45) is 0. The molecule has 0 bridgehead atoms. The maximum Gasteiger partial charge on any atom is 0.259 e. The Balaban J connectivity index is 2.20. The van der Waals surface area contributed by atoms with Gasteiger partial charge in [0.1, 0.15) is 0 Å². The molecule has 0 fully saturated rings. The van der Waals surface area contributed by atoms with Crippen molar-refractivity contribution in [3.05, 3.63) is 81.6 Å². The van der Waals surface area contributed by atoms with Crippen molar-refractivity contribution in [3.63, 3.8) is 0 Å². The maximum atomic E-state index is 12.5. The summed E-state index contributed by atoms with van der Waals surface area (Å²) in [4.78, 5) is 27.3. The van der Waals surface area contributed by atoms with Gasteiger partial charge >= 0.3 is 0 Å². The fourth-order valence-corrected chi connectivity index (χ4v) is 2.29. The van der Waals surface area contributed by atoms with Crippen LogP contribution in [0.5, 0.6) is 0 Å². The zero-order chi connectivity index (χ0) is 14.1. The lowest BCUT2D eigenvalue weighted by Crippen LogP contribution is -2.18. The molecule has 0 aliphatic heterocycles. The SMILES string of the molecule is Cc1ccccc1C(=O)c1cc2ccccc2[nH]c1=O. The van der Waals surface area contributed by atoms with Crippen molar-refractivity contribution in [1.29, 1.82) is 0 Å². The van der Waals surface area contributed by atoms with Crippen LogP contribution in [0.2, 0.25) is 0 Å². The molecule has 0 unspecified atom stereocenters. The smallest absolute Gasteiger partial charge is 0.259 e. The summed E-state index contributed by atoms with van der Waals surface area (Å²) in [5.41, 5.74) is 1.99. The zero-order valence-electron chi connectivity index (χ0n) is 11.0. The van der Waals surface area contributed by atoms with E-state index in [0.29, 0.717) is 5.56 Å². The zero-order valence-corrected chi connectivity index (χ0v) is 11.0. The number of ketones is 1.